The molecule has 5 aliphatic carbocycles. The van der Waals surface area contributed by atoms with Crippen LogP contribution in [0.5, 0.6) is 0 Å². The highest BCUT2D eigenvalue weighted by atomic mass is 16.5. The minimum atomic E-state index is -1.16. The Bertz CT molecular complexity index is 1390. The molecule has 1 aliphatic heterocycles. The Morgan fingerprint density at radius 2 is 1.68 bits per heavy atom. The lowest BCUT2D eigenvalue weighted by Gasteiger charge is -2.72. The van der Waals surface area contributed by atoms with Crippen molar-refractivity contribution in [3.05, 3.63) is 11.1 Å². The number of fused-ring (bicyclic) bond motifs is 7. The molecule has 3 N–H and O–H groups in total. The number of carbonyl (C=O) groups excluding carboxylic acids is 2. The van der Waals surface area contributed by atoms with Crippen LogP contribution in [0.3, 0.4) is 0 Å². The zero-order valence-corrected chi connectivity index (χ0v) is 32.6. The van der Waals surface area contributed by atoms with Crippen LogP contribution in [0.1, 0.15) is 139 Å². The number of allylic oxidation sites excluding steroid dienone is 1. The number of carboxylic acid groups (broad SMARTS) is 1. The number of carboxylic acids is 1. The Labute approximate surface area is 301 Å². The van der Waals surface area contributed by atoms with Gasteiger partial charge in [0.1, 0.15) is 6.10 Å². The summed E-state index contributed by atoms with van der Waals surface area (Å²) in [6.45, 7) is 21.7. The second-order valence-corrected chi connectivity index (χ2v) is 19.9. The summed E-state index contributed by atoms with van der Waals surface area (Å²) in [6, 6.07) is 0. The van der Waals surface area contributed by atoms with Crippen LogP contribution >= 0.6 is 0 Å². The first-order chi connectivity index (χ1) is 23.2. The van der Waals surface area contributed by atoms with Gasteiger partial charge in [-0.05, 0) is 124 Å². The van der Waals surface area contributed by atoms with E-state index in [1.54, 1.807) is 13.8 Å². The van der Waals surface area contributed by atoms with Crippen LogP contribution in [0.2, 0.25) is 0 Å². The Morgan fingerprint density at radius 3 is 2.32 bits per heavy atom. The molecular weight excluding hydrogens is 630 g/mol. The van der Waals surface area contributed by atoms with E-state index in [1.807, 2.05) is 0 Å². The van der Waals surface area contributed by atoms with Gasteiger partial charge in [-0.3, -0.25) is 14.4 Å². The number of hydrogen-bond donors (Lipinski definition) is 3. The van der Waals surface area contributed by atoms with E-state index >= 15 is 0 Å². The minimum Gasteiger partial charge on any atom is -0.481 e. The Hall–Kier alpha value is -1.77. The number of aliphatic hydroxyl groups is 1. The van der Waals surface area contributed by atoms with Crippen molar-refractivity contribution in [1.29, 1.82) is 0 Å². The summed E-state index contributed by atoms with van der Waals surface area (Å²) in [4.78, 5) is 38.8. The summed E-state index contributed by atoms with van der Waals surface area (Å²) in [6.07, 6.45) is 9.76. The van der Waals surface area contributed by atoms with Gasteiger partial charge in [0.2, 0.25) is 0 Å². The first kappa shape index (κ1) is 38.0. The number of hydrogen-bond acceptors (Lipinski definition) is 7. The topological polar surface area (TPSA) is 122 Å². The van der Waals surface area contributed by atoms with Crippen LogP contribution < -0.4 is 5.32 Å². The minimum absolute atomic E-state index is 0.00813. The zero-order valence-electron chi connectivity index (χ0n) is 32.6. The van der Waals surface area contributed by atoms with Crippen LogP contribution in [-0.2, 0) is 23.9 Å². The second-order valence-electron chi connectivity index (χ2n) is 19.9. The number of esters is 1. The molecule has 6 aliphatic rings. The Morgan fingerprint density at radius 1 is 0.960 bits per heavy atom. The quantitative estimate of drug-likeness (QED) is 0.201. The maximum Gasteiger partial charge on any atom is 0.309 e. The van der Waals surface area contributed by atoms with Gasteiger partial charge in [-0.25, -0.2) is 0 Å². The third-order valence-corrected chi connectivity index (χ3v) is 16.2. The van der Waals surface area contributed by atoms with Gasteiger partial charge in [-0.2, -0.15) is 0 Å². The van der Waals surface area contributed by atoms with Gasteiger partial charge in [-0.1, -0.05) is 54.0 Å². The second kappa shape index (κ2) is 13.0. The van der Waals surface area contributed by atoms with Crippen molar-refractivity contribution in [2.75, 3.05) is 19.7 Å². The molecule has 0 bridgehead atoms. The molecule has 0 aromatic heterocycles. The van der Waals surface area contributed by atoms with E-state index in [-0.39, 0.29) is 57.9 Å². The van der Waals surface area contributed by atoms with Gasteiger partial charge >= 0.3 is 11.9 Å². The van der Waals surface area contributed by atoms with Crippen molar-refractivity contribution in [1.82, 2.24) is 5.32 Å². The van der Waals surface area contributed by atoms with Crippen molar-refractivity contribution in [2.45, 2.75) is 158 Å². The third kappa shape index (κ3) is 5.75. The molecule has 8 heteroatoms. The standard InChI is InChI=1S/C42H67NO7/c1-25(2)34-28(44)21-42(31(45)24-43-23-26-11-10-20-49-26)19-18-40(8)27(35(34)42)12-13-30-39(7)16-15-32(50-33(46)22-37(3,4)36(47)48)38(5,6)29(39)14-17-41(30,40)9/h25-27,29-32,43,45H,10-24H2,1-9H3,(H,47,48). The number of ether oxygens (including phenoxy) is 2. The van der Waals surface area contributed by atoms with Crippen molar-refractivity contribution in [2.24, 2.45) is 56.2 Å². The lowest BCUT2D eigenvalue weighted by Crippen LogP contribution is -2.66. The summed E-state index contributed by atoms with van der Waals surface area (Å²) in [5, 5.41) is 25.2. The van der Waals surface area contributed by atoms with E-state index in [2.05, 4.69) is 53.8 Å². The fourth-order valence-electron chi connectivity index (χ4n) is 13.3. The van der Waals surface area contributed by atoms with Gasteiger partial charge in [0.15, 0.2) is 5.78 Å². The molecule has 8 nitrogen and oxygen atoms in total. The van der Waals surface area contributed by atoms with Crippen LogP contribution in [-0.4, -0.2) is 65.9 Å². The van der Waals surface area contributed by atoms with Gasteiger partial charge in [-0.15, -0.1) is 0 Å². The normalized spacial score (nSPS) is 41.7. The number of nitrogens with one attached hydrogen (secondary N) is 1. The van der Waals surface area contributed by atoms with E-state index < -0.39 is 28.9 Å². The maximum absolute atomic E-state index is 14.0. The fraction of sp³-hybridized carbons (Fsp3) is 0.881. The average Bonchev–Trinajstić information content (AvgIpc) is 3.64. The van der Waals surface area contributed by atoms with Crippen LogP contribution in [0.25, 0.3) is 0 Å². The van der Waals surface area contributed by atoms with Gasteiger partial charge in [0, 0.05) is 36.9 Å². The van der Waals surface area contributed by atoms with Crippen molar-refractivity contribution in [3.63, 3.8) is 0 Å². The first-order valence-electron chi connectivity index (χ1n) is 20.0. The molecule has 10 atom stereocenters. The lowest BCUT2D eigenvalue weighted by atomic mass is 9.33. The molecule has 0 spiro atoms. The molecule has 5 fully saturated rings. The summed E-state index contributed by atoms with van der Waals surface area (Å²) >= 11 is 0. The first-order valence-corrected chi connectivity index (χ1v) is 20.0. The van der Waals surface area contributed by atoms with Crippen molar-refractivity contribution in [3.8, 4) is 0 Å². The fourth-order valence-corrected chi connectivity index (χ4v) is 13.3. The molecule has 0 aromatic rings. The predicted octanol–water partition coefficient (Wildman–Crippen LogP) is 7.51. The molecule has 1 saturated heterocycles. The molecule has 50 heavy (non-hydrogen) atoms. The summed E-state index contributed by atoms with van der Waals surface area (Å²) < 4.78 is 12.0. The molecule has 4 saturated carbocycles. The molecule has 0 radical (unpaired) electrons. The van der Waals surface area contributed by atoms with Crippen LogP contribution in [0.4, 0.5) is 0 Å². The van der Waals surface area contributed by atoms with E-state index in [0.29, 0.717) is 24.8 Å². The Kier molecular flexibility index (Phi) is 9.85. The van der Waals surface area contributed by atoms with E-state index in [9.17, 15) is 24.6 Å². The monoisotopic (exact) mass is 697 g/mol. The third-order valence-electron chi connectivity index (χ3n) is 16.2. The van der Waals surface area contributed by atoms with E-state index in [4.69, 9.17) is 9.47 Å². The highest BCUT2D eigenvalue weighted by Crippen LogP contribution is 2.77. The summed E-state index contributed by atoms with van der Waals surface area (Å²) in [5.74, 6) is 0.140. The Balaban J connectivity index is 1.26. The van der Waals surface area contributed by atoms with Gasteiger partial charge in [0.25, 0.3) is 0 Å². The highest BCUT2D eigenvalue weighted by molar-refractivity contribution is 6.00. The number of aliphatic carboxylic acids is 1. The number of ketones is 1. The molecule has 10 unspecified atom stereocenters. The lowest BCUT2D eigenvalue weighted by molar-refractivity contribution is -0.235. The molecular formula is C42H67NO7. The predicted molar refractivity (Wildman–Crippen MR) is 193 cm³/mol. The highest BCUT2D eigenvalue weighted by Gasteiger charge is 2.70. The maximum atomic E-state index is 14.0. The van der Waals surface area contributed by atoms with Gasteiger partial charge < -0.3 is 25.0 Å². The van der Waals surface area contributed by atoms with Gasteiger partial charge in [0.05, 0.1) is 24.0 Å². The van der Waals surface area contributed by atoms with Crippen LogP contribution in [0, 0.1) is 56.2 Å². The smallest absolute Gasteiger partial charge is 0.309 e. The number of rotatable bonds is 10. The number of carbonyl (C=O) groups is 3. The zero-order chi connectivity index (χ0) is 36.7. The largest absolute Gasteiger partial charge is 0.481 e. The molecule has 282 valence electrons. The van der Waals surface area contributed by atoms with E-state index in [1.165, 1.54) is 5.57 Å². The number of aliphatic hydroxyl groups excluding tert-OH is 1. The molecule has 0 aromatic carbocycles. The molecule has 0 amide bonds. The number of Topliss-reactive ketones (excluding diaryl/α,β-unsaturated/α-hetero) is 1. The molecule has 6 rings (SSSR count). The SMILES string of the molecule is CC(C)C1=C2C3CCC4C5(C)CCC(OC(=O)CC(C)(C)C(=O)O)C(C)(C)C5CCC4(C)C3(C)CCC2(C(O)CNCC2CCCO2)CC1=O. The summed E-state index contributed by atoms with van der Waals surface area (Å²) in [5.41, 5.74) is 0.594. The molecule has 1 heterocycles. The van der Waals surface area contributed by atoms with E-state index in [0.717, 1.165) is 82.9 Å². The van der Waals surface area contributed by atoms with Crippen LogP contribution in [0.15, 0.2) is 11.1 Å². The van der Waals surface area contributed by atoms with Crippen molar-refractivity contribution >= 4 is 17.7 Å². The summed E-state index contributed by atoms with van der Waals surface area (Å²) in [7, 11) is 0. The van der Waals surface area contributed by atoms with Crippen molar-refractivity contribution < 1.29 is 34.1 Å². The average molecular weight is 698 g/mol.